The molecule has 4 heterocycles. The van der Waals surface area contributed by atoms with E-state index in [1.54, 1.807) is 13.8 Å². The van der Waals surface area contributed by atoms with Gasteiger partial charge in [0.15, 0.2) is 0 Å². The first-order valence-corrected chi connectivity index (χ1v) is 19.0. The van der Waals surface area contributed by atoms with Crippen molar-refractivity contribution in [3.8, 4) is 22.8 Å². The Balaban J connectivity index is 1.22. The average Bonchev–Trinajstić information content (AvgIpc) is 3.18. The topological polar surface area (TPSA) is 123 Å². The number of hydrogen-bond donors (Lipinski definition) is 0. The van der Waals surface area contributed by atoms with Crippen LogP contribution in [0, 0.1) is 37.5 Å². The van der Waals surface area contributed by atoms with Crippen LogP contribution in [-0.2, 0) is 41.8 Å². The van der Waals surface area contributed by atoms with Crippen LogP contribution in [0.1, 0.15) is 62.3 Å². The molecular weight excluding hydrogens is 681 g/mol. The van der Waals surface area contributed by atoms with E-state index in [4.69, 9.17) is 28.9 Å². The van der Waals surface area contributed by atoms with Gasteiger partial charge in [-0.25, -0.2) is 19.6 Å². The van der Waals surface area contributed by atoms with Gasteiger partial charge in [-0.1, -0.05) is 36.4 Å². The van der Waals surface area contributed by atoms with Crippen LogP contribution in [0.25, 0.3) is 22.8 Å². The Morgan fingerprint density at radius 3 is 1.35 bits per heavy atom. The molecule has 4 aromatic rings. The summed E-state index contributed by atoms with van der Waals surface area (Å²) >= 11 is 0. The molecule has 0 amide bonds. The fourth-order valence-corrected chi connectivity index (χ4v) is 7.65. The molecule has 0 radical (unpaired) electrons. The van der Waals surface area contributed by atoms with Gasteiger partial charge in [-0.05, 0) is 126 Å². The summed E-state index contributed by atoms with van der Waals surface area (Å²) in [5, 5.41) is 0. The first-order valence-electron chi connectivity index (χ1n) is 19.0. The summed E-state index contributed by atoms with van der Waals surface area (Å²) in [7, 11) is 0. The quantitative estimate of drug-likeness (QED) is 0.0932. The number of carbonyl (C=O) groups is 2. The highest BCUT2D eigenvalue weighted by molar-refractivity contribution is 5.82. The molecule has 54 heavy (non-hydrogen) atoms. The lowest BCUT2D eigenvalue weighted by molar-refractivity contribution is -0.138. The highest BCUT2D eigenvalue weighted by atomic mass is 16.5. The molecule has 4 aromatic heterocycles. The van der Waals surface area contributed by atoms with E-state index in [0.29, 0.717) is 38.3 Å². The normalized spacial score (nSPS) is 22.6. The molecule has 282 valence electrons. The number of ether oxygens (including phenoxy) is 4. The van der Waals surface area contributed by atoms with Crippen LogP contribution in [0.4, 0.5) is 0 Å². The van der Waals surface area contributed by atoms with Gasteiger partial charge in [0, 0.05) is 23.5 Å². The van der Waals surface area contributed by atoms with E-state index in [-0.39, 0.29) is 36.0 Å². The van der Waals surface area contributed by atoms with E-state index < -0.39 is 0 Å². The summed E-state index contributed by atoms with van der Waals surface area (Å²) in [6, 6.07) is 23.7. The van der Waals surface area contributed by atoms with E-state index in [0.717, 1.165) is 71.2 Å². The molecule has 0 spiro atoms. The predicted molar refractivity (Wildman–Crippen MR) is 206 cm³/mol. The van der Waals surface area contributed by atoms with Crippen molar-refractivity contribution in [2.45, 2.75) is 78.8 Å². The van der Waals surface area contributed by atoms with Crippen molar-refractivity contribution in [2.24, 2.45) is 23.7 Å². The Kier molecular flexibility index (Phi) is 13.5. The number of rotatable bonds is 14. The first-order chi connectivity index (χ1) is 26.3. The molecule has 2 fully saturated rings. The molecule has 6 rings (SSSR count). The zero-order valence-corrected chi connectivity index (χ0v) is 31.6. The Bertz CT molecular complexity index is 1810. The fourth-order valence-electron chi connectivity index (χ4n) is 7.65. The Morgan fingerprint density at radius 1 is 0.574 bits per heavy atom. The third-order valence-corrected chi connectivity index (χ3v) is 10.2. The summed E-state index contributed by atoms with van der Waals surface area (Å²) in [4.78, 5) is 43.8. The van der Waals surface area contributed by atoms with Gasteiger partial charge >= 0.3 is 11.9 Å². The summed E-state index contributed by atoms with van der Waals surface area (Å²) in [5.74, 6) is 0.00535. The second kappa shape index (κ2) is 18.8. The van der Waals surface area contributed by atoms with Gasteiger partial charge in [-0.15, -0.1) is 0 Å². The minimum Gasteiger partial charge on any atom is -0.463 e. The molecular formula is C44H50N4O6. The maximum atomic E-state index is 12.3. The molecule has 0 bridgehead atoms. The van der Waals surface area contributed by atoms with E-state index in [1.165, 1.54) is 12.2 Å². The van der Waals surface area contributed by atoms with Crippen molar-refractivity contribution < 1.29 is 28.5 Å². The highest BCUT2D eigenvalue weighted by Gasteiger charge is 2.43. The molecule has 2 aliphatic rings. The summed E-state index contributed by atoms with van der Waals surface area (Å²) in [6.45, 7) is 8.81. The Morgan fingerprint density at radius 2 is 0.963 bits per heavy atom. The SMILES string of the molecule is CCOC(=O)/C=C/[C@@H]1C[C@@H]2C[C@H](OCc3cccc(-c4cccc(C)n4)n3)[C@@H](OCc3cccc(-c4cccc(C)n4)n3)C[C@@H]2C[C@H]1/C=C/C(=O)OCC. The molecule has 10 heteroatoms. The molecule has 2 aliphatic carbocycles. The van der Waals surface area contributed by atoms with Crippen LogP contribution in [-0.4, -0.2) is 57.3 Å². The molecule has 0 aliphatic heterocycles. The van der Waals surface area contributed by atoms with Crippen molar-refractivity contribution in [3.63, 3.8) is 0 Å². The van der Waals surface area contributed by atoms with Gasteiger partial charge in [0.2, 0.25) is 0 Å². The van der Waals surface area contributed by atoms with Crippen molar-refractivity contribution in [3.05, 3.63) is 120 Å². The third kappa shape index (κ3) is 10.5. The van der Waals surface area contributed by atoms with Crippen LogP contribution < -0.4 is 0 Å². The van der Waals surface area contributed by atoms with Crippen molar-refractivity contribution >= 4 is 11.9 Å². The summed E-state index contributed by atoms with van der Waals surface area (Å²) < 4.78 is 23.8. The number of aryl methyl sites for hydroxylation is 2. The Labute approximate surface area is 318 Å². The maximum absolute atomic E-state index is 12.3. The van der Waals surface area contributed by atoms with Gasteiger partial charge in [-0.3, -0.25) is 9.97 Å². The number of fused-ring (bicyclic) bond motifs is 1. The molecule has 0 saturated heterocycles. The number of esters is 2. The second-order valence-corrected chi connectivity index (χ2v) is 14.1. The lowest BCUT2D eigenvalue weighted by Gasteiger charge is -2.47. The van der Waals surface area contributed by atoms with Crippen molar-refractivity contribution in [2.75, 3.05) is 13.2 Å². The van der Waals surface area contributed by atoms with Crippen molar-refractivity contribution in [1.29, 1.82) is 0 Å². The minimum atomic E-state index is -0.363. The number of pyridine rings is 4. The largest absolute Gasteiger partial charge is 0.463 e. The first kappa shape index (κ1) is 38.7. The number of allylic oxidation sites excluding steroid dienone is 2. The summed E-state index contributed by atoms with van der Waals surface area (Å²) in [6.07, 6.45) is 9.80. The standard InChI is InChI=1S/C44H50N4O6/c1-5-51-43(49)21-19-31-23-33-25-41(53-27-35-13-9-17-39(47-35)37-15-7-11-29(3)45-37)42(26-34(33)24-32(31)20-22-44(50)52-6-2)54-28-36-14-10-18-40(48-36)38-16-8-12-30(4)46-38/h7-22,31-34,41-42H,5-6,23-28H2,1-4H3/b21-19+,22-20+/t31-,32-,33-,34+,41+,42+/m1/s1. The molecule has 10 nitrogen and oxygen atoms in total. The average molecular weight is 731 g/mol. The van der Waals surface area contributed by atoms with E-state index in [9.17, 15) is 9.59 Å². The number of hydrogen-bond acceptors (Lipinski definition) is 10. The van der Waals surface area contributed by atoms with E-state index >= 15 is 0 Å². The predicted octanol–water partition coefficient (Wildman–Crippen LogP) is 7.98. The second-order valence-electron chi connectivity index (χ2n) is 14.1. The summed E-state index contributed by atoms with van der Waals surface area (Å²) in [5.41, 5.74) is 6.76. The number of carbonyl (C=O) groups excluding carboxylic acids is 2. The zero-order chi connectivity index (χ0) is 37.9. The van der Waals surface area contributed by atoms with Gasteiger partial charge < -0.3 is 18.9 Å². The van der Waals surface area contributed by atoms with Gasteiger partial charge in [0.25, 0.3) is 0 Å². The smallest absolute Gasteiger partial charge is 0.330 e. The lowest BCUT2D eigenvalue weighted by Crippen LogP contribution is -2.45. The van der Waals surface area contributed by atoms with Crippen LogP contribution in [0.2, 0.25) is 0 Å². The minimum absolute atomic E-state index is 0.0433. The molecule has 0 N–H and O–H groups in total. The number of aromatic nitrogens is 4. The van der Waals surface area contributed by atoms with Gasteiger partial charge in [-0.2, -0.15) is 0 Å². The van der Waals surface area contributed by atoms with Crippen LogP contribution >= 0.6 is 0 Å². The van der Waals surface area contributed by atoms with Crippen LogP contribution in [0.3, 0.4) is 0 Å². The number of nitrogens with zero attached hydrogens (tertiary/aromatic N) is 4. The lowest BCUT2D eigenvalue weighted by atomic mass is 9.62. The van der Waals surface area contributed by atoms with Gasteiger partial charge in [0.1, 0.15) is 0 Å². The maximum Gasteiger partial charge on any atom is 0.330 e. The zero-order valence-electron chi connectivity index (χ0n) is 31.6. The molecule has 2 saturated carbocycles. The highest BCUT2D eigenvalue weighted by Crippen LogP contribution is 2.48. The van der Waals surface area contributed by atoms with Crippen LogP contribution in [0.15, 0.2) is 97.1 Å². The molecule has 6 atom stereocenters. The van der Waals surface area contributed by atoms with Gasteiger partial charge in [0.05, 0.1) is 72.8 Å². The van der Waals surface area contributed by atoms with E-state index in [2.05, 4.69) is 9.97 Å². The monoisotopic (exact) mass is 730 g/mol. The molecule has 0 unspecified atom stereocenters. The third-order valence-electron chi connectivity index (χ3n) is 10.2. The Hall–Kier alpha value is -5.06. The molecule has 0 aromatic carbocycles. The fraction of sp³-hybridized carbons (Fsp3) is 0.409. The van der Waals surface area contributed by atoms with Crippen LogP contribution in [0.5, 0.6) is 0 Å². The van der Waals surface area contributed by atoms with Crippen molar-refractivity contribution in [1.82, 2.24) is 19.9 Å². The van der Waals surface area contributed by atoms with E-state index in [1.807, 2.05) is 98.8 Å².